The number of halogens is 2. The quantitative estimate of drug-likeness (QED) is 0.0676. The van der Waals surface area contributed by atoms with Crippen molar-refractivity contribution >= 4 is 63.9 Å². The van der Waals surface area contributed by atoms with Gasteiger partial charge in [0.2, 0.25) is 17.7 Å². The van der Waals surface area contributed by atoms with E-state index in [0.717, 1.165) is 11.1 Å². The molecule has 7 rings (SSSR count). The summed E-state index contributed by atoms with van der Waals surface area (Å²) in [6, 6.07) is 24.4. The number of hydrogen-bond acceptors (Lipinski definition) is 10. The van der Waals surface area contributed by atoms with Crippen molar-refractivity contribution in [1.82, 2.24) is 20.5 Å². The summed E-state index contributed by atoms with van der Waals surface area (Å²) in [7, 11) is 0. The third-order valence-corrected chi connectivity index (χ3v) is 12.6. The van der Waals surface area contributed by atoms with E-state index >= 15 is 4.39 Å². The Morgan fingerprint density at radius 3 is 2.37 bits per heavy atom. The zero-order chi connectivity index (χ0) is 48.8. The second kappa shape index (κ2) is 21.1. The predicted molar refractivity (Wildman–Crippen MR) is 260 cm³/mol. The van der Waals surface area contributed by atoms with Gasteiger partial charge >= 0.3 is 0 Å². The summed E-state index contributed by atoms with van der Waals surface area (Å²) >= 11 is 12.0. The molecule has 2 aliphatic heterocycles. The number of unbranched alkanes of at least 4 members (excludes halogenated alkanes) is 1. The van der Waals surface area contributed by atoms with Crippen molar-refractivity contribution in [3.05, 3.63) is 119 Å². The summed E-state index contributed by atoms with van der Waals surface area (Å²) < 4.78 is 32.7. The molecular formula is C51H53ClFN7O7S. The molecule has 0 spiro atoms. The molecule has 0 radical (unpaired) electrons. The molecule has 2 atom stereocenters. The average molecular weight is 963 g/mol. The molecule has 2 fully saturated rings. The maximum Gasteiger partial charge on any atom is 0.259 e. The van der Waals surface area contributed by atoms with Gasteiger partial charge in [-0.15, -0.1) is 0 Å². The minimum Gasteiger partial charge on any atom is -0.494 e. The number of hydrogen-bond donors (Lipinski definition) is 2. The Morgan fingerprint density at radius 2 is 1.71 bits per heavy atom. The van der Waals surface area contributed by atoms with Crippen molar-refractivity contribution in [2.75, 3.05) is 36.2 Å². The molecule has 4 amide bonds. The number of aromatic nitrogens is 1. The van der Waals surface area contributed by atoms with Crippen molar-refractivity contribution in [3.8, 4) is 34.3 Å². The number of nitriles is 1. The zero-order valence-corrected chi connectivity index (χ0v) is 40.1. The van der Waals surface area contributed by atoms with Crippen LogP contribution in [0.3, 0.4) is 0 Å². The molecule has 17 heteroatoms. The number of nitrogens with zero attached hydrogens (tertiary/aromatic N) is 5. The van der Waals surface area contributed by atoms with E-state index < -0.39 is 34.8 Å². The van der Waals surface area contributed by atoms with Crippen LogP contribution in [0, 0.1) is 22.6 Å². The van der Waals surface area contributed by atoms with E-state index in [1.165, 1.54) is 29.5 Å². The van der Waals surface area contributed by atoms with E-state index in [4.69, 9.17) is 37.7 Å². The molecule has 4 aromatic carbocycles. The second-order valence-electron chi connectivity index (χ2n) is 18.2. The molecule has 5 aromatic rings. The van der Waals surface area contributed by atoms with Crippen molar-refractivity contribution in [3.63, 3.8) is 0 Å². The van der Waals surface area contributed by atoms with Gasteiger partial charge in [0.05, 0.1) is 29.1 Å². The lowest BCUT2D eigenvalue weighted by Gasteiger charge is -2.35. The zero-order valence-electron chi connectivity index (χ0n) is 38.5. The smallest absolute Gasteiger partial charge is 0.259 e. The van der Waals surface area contributed by atoms with E-state index in [1.54, 1.807) is 72.3 Å². The summed E-state index contributed by atoms with van der Waals surface area (Å²) in [5, 5.41) is 15.4. The number of anilines is 2. The third kappa shape index (κ3) is 11.0. The molecule has 14 nitrogen and oxygen atoms in total. The van der Waals surface area contributed by atoms with Gasteiger partial charge in [-0.25, -0.2) is 9.37 Å². The van der Waals surface area contributed by atoms with Crippen LogP contribution in [0.25, 0.3) is 22.5 Å². The van der Waals surface area contributed by atoms with Crippen LogP contribution in [0.4, 0.5) is 15.8 Å². The fraction of sp³-hybridized carbons (Fsp3) is 0.353. The molecular weight excluding hydrogens is 909 g/mol. The monoisotopic (exact) mass is 961 g/mol. The Bertz CT molecular complexity index is 2700. The molecule has 2 N–H and O–H groups in total. The topological polar surface area (TPSA) is 170 Å². The lowest BCUT2D eigenvalue weighted by Crippen LogP contribution is -2.58. The molecule has 3 heterocycles. The van der Waals surface area contributed by atoms with Crippen LogP contribution in [0.2, 0.25) is 5.02 Å². The van der Waals surface area contributed by atoms with E-state index in [1.807, 2.05) is 51.1 Å². The van der Waals surface area contributed by atoms with Gasteiger partial charge in [0.25, 0.3) is 5.91 Å². The van der Waals surface area contributed by atoms with Gasteiger partial charge in [-0.05, 0) is 117 Å². The van der Waals surface area contributed by atoms with Crippen LogP contribution < -0.4 is 25.2 Å². The predicted octanol–water partition coefficient (Wildman–Crippen LogP) is 8.60. The van der Waals surface area contributed by atoms with Gasteiger partial charge in [0, 0.05) is 36.5 Å². The highest BCUT2D eigenvalue weighted by molar-refractivity contribution is 7.81. The van der Waals surface area contributed by atoms with Gasteiger partial charge in [-0.1, -0.05) is 68.8 Å². The van der Waals surface area contributed by atoms with Gasteiger partial charge in [0.1, 0.15) is 41.9 Å². The third-order valence-electron chi connectivity index (χ3n) is 12.0. The number of ether oxygens (including phenoxy) is 2. The first kappa shape index (κ1) is 49.2. The standard InChI is InChI=1S/C51H53ClFN7O7S/c1-50(2,3)45(47(63)58-22-8-9-42(58)46(62)56-28-32-10-12-34(13-11-32)43-29-55-31-67-43)57-44(61)30-65-23-6-7-24-66-38-19-15-33(16-20-38)39-21-18-37(26-41(39)53)60-49(68)59(48(64)51(60,4)5)36-17-14-35(27-54)40(52)25-36/h10-21,25-26,29,31,42,45H,6-9,22-24,28,30H2,1-5H3,(H,56,62)(H,57,61)/t42-,45+/m0/s1. The molecule has 68 heavy (non-hydrogen) atoms. The highest BCUT2D eigenvalue weighted by Gasteiger charge is 2.50. The number of rotatable bonds is 17. The van der Waals surface area contributed by atoms with Crippen molar-refractivity contribution in [2.45, 2.75) is 84.5 Å². The number of carbonyl (C=O) groups excluding carboxylic acids is 4. The van der Waals surface area contributed by atoms with Gasteiger partial charge in [0.15, 0.2) is 17.3 Å². The summed E-state index contributed by atoms with van der Waals surface area (Å²) in [6.07, 6.45) is 5.46. The Hall–Kier alpha value is -6.67. The minimum absolute atomic E-state index is 0.154. The van der Waals surface area contributed by atoms with Crippen LogP contribution >= 0.6 is 23.8 Å². The highest BCUT2D eigenvalue weighted by Crippen LogP contribution is 2.39. The number of amides is 4. The summed E-state index contributed by atoms with van der Waals surface area (Å²) in [6.45, 7) is 10.2. The summed E-state index contributed by atoms with van der Waals surface area (Å²) in [5.74, 6) is -0.552. The molecule has 0 unspecified atom stereocenters. The van der Waals surface area contributed by atoms with Crippen molar-refractivity contribution in [1.29, 1.82) is 5.26 Å². The first-order valence-electron chi connectivity index (χ1n) is 22.3. The SMILES string of the molecule is CC(C)(C)[C@H](NC(=O)COCCCCOc1ccc(-c2ccc(N3C(=S)N(c4ccc(C#N)c(Cl)c4)C(=O)C3(C)C)cc2F)cc1)C(=O)N1CCC[C@H]1C(=O)NCc1ccc(-c2cnco2)cc1. The first-order valence-corrected chi connectivity index (χ1v) is 23.1. The Morgan fingerprint density at radius 1 is 1.00 bits per heavy atom. The minimum atomic E-state index is -1.14. The number of thiocarbonyl (C=S) groups is 1. The molecule has 1 aromatic heterocycles. The van der Waals surface area contributed by atoms with Gasteiger partial charge in [-0.3, -0.25) is 24.1 Å². The Labute approximate surface area is 405 Å². The van der Waals surface area contributed by atoms with Crippen molar-refractivity contribution < 1.29 is 37.5 Å². The number of benzene rings is 4. The normalized spacial score (nSPS) is 16.1. The molecule has 0 aliphatic carbocycles. The average Bonchev–Trinajstić information content (AvgIpc) is 4.07. The Balaban J connectivity index is 0.835. The Kier molecular flexibility index (Phi) is 15.3. The van der Waals surface area contributed by atoms with Crippen molar-refractivity contribution in [2.24, 2.45) is 5.41 Å². The molecule has 2 saturated heterocycles. The maximum atomic E-state index is 15.8. The van der Waals surface area contributed by atoms with E-state index in [9.17, 15) is 24.4 Å². The van der Waals surface area contributed by atoms with E-state index in [2.05, 4.69) is 15.6 Å². The van der Waals surface area contributed by atoms with Crippen LogP contribution in [0.5, 0.6) is 5.75 Å². The van der Waals surface area contributed by atoms with E-state index in [-0.39, 0.29) is 40.0 Å². The summed E-state index contributed by atoms with van der Waals surface area (Å²) in [4.78, 5) is 62.4. The van der Waals surface area contributed by atoms with Gasteiger partial charge in [-0.2, -0.15) is 5.26 Å². The number of nitrogens with one attached hydrogen (secondary N) is 2. The van der Waals surface area contributed by atoms with Gasteiger partial charge < -0.3 is 34.3 Å². The number of likely N-dealkylation sites (tertiary alicyclic amines) is 1. The molecule has 0 saturated carbocycles. The first-order chi connectivity index (χ1) is 32.5. The number of carbonyl (C=O) groups is 4. The fourth-order valence-corrected chi connectivity index (χ4v) is 8.97. The largest absolute Gasteiger partial charge is 0.494 e. The lowest BCUT2D eigenvalue weighted by molar-refractivity contribution is -0.144. The van der Waals surface area contributed by atoms with Crippen LogP contribution in [-0.4, -0.2) is 82.6 Å². The maximum absolute atomic E-state index is 15.8. The second-order valence-corrected chi connectivity index (χ2v) is 19.0. The highest BCUT2D eigenvalue weighted by atomic mass is 35.5. The molecule has 354 valence electrons. The fourth-order valence-electron chi connectivity index (χ4n) is 8.23. The lowest BCUT2D eigenvalue weighted by atomic mass is 9.85. The van der Waals surface area contributed by atoms with E-state index in [0.29, 0.717) is 86.0 Å². The van der Waals surface area contributed by atoms with Crippen LogP contribution in [0.1, 0.15) is 71.4 Å². The molecule has 2 aliphatic rings. The number of oxazole rings is 1. The summed E-state index contributed by atoms with van der Waals surface area (Å²) in [5.41, 5.74) is 2.06. The van der Waals surface area contributed by atoms with Crippen LogP contribution in [0.15, 0.2) is 102 Å². The van der Waals surface area contributed by atoms with Crippen LogP contribution in [-0.2, 0) is 30.5 Å². The molecule has 0 bridgehead atoms.